The van der Waals surface area contributed by atoms with E-state index in [1.54, 1.807) is 17.1 Å². The lowest BCUT2D eigenvalue weighted by Crippen LogP contribution is -2.36. The normalized spacial score (nSPS) is 17.7. The van der Waals surface area contributed by atoms with Crippen molar-refractivity contribution in [1.29, 1.82) is 0 Å². The summed E-state index contributed by atoms with van der Waals surface area (Å²) in [6.07, 6.45) is 5.28. The van der Waals surface area contributed by atoms with E-state index in [-0.39, 0.29) is 18.8 Å². The van der Waals surface area contributed by atoms with Gasteiger partial charge in [0, 0.05) is 12.7 Å². The van der Waals surface area contributed by atoms with Gasteiger partial charge in [-0.2, -0.15) is 0 Å². The monoisotopic (exact) mass is 456 g/mol. The number of benzene rings is 2. The number of amides is 1. The molecule has 1 saturated heterocycles. The summed E-state index contributed by atoms with van der Waals surface area (Å²) in [6, 6.07) is 9.40. The fourth-order valence-corrected chi connectivity index (χ4v) is 5.07. The summed E-state index contributed by atoms with van der Waals surface area (Å²) < 4.78 is 17.4. The lowest BCUT2D eigenvalue weighted by Gasteiger charge is -2.21. The Morgan fingerprint density at radius 2 is 2.16 bits per heavy atom. The fourth-order valence-electron chi connectivity index (χ4n) is 3.73. The molecule has 5 rings (SSSR count). The molecule has 2 aromatic carbocycles. The minimum absolute atomic E-state index is 0.00599. The summed E-state index contributed by atoms with van der Waals surface area (Å²) in [7, 11) is 0. The zero-order valence-electron chi connectivity index (χ0n) is 17.0. The molecule has 31 heavy (non-hydrogen) atoms. The third-order valence-electron chi connectivity index (χ3n) is 5.41. The topological polar surface area (TPSA) is 60.9 Å². The van der Waals surface area contributed by atoms with Crippen molar-refractivity contribution in [2.75, 3.05) is 24.8 Å². The molecule has 1 atom stereocenters. The first-order valence-corrected chi connectivity index (χ1v) is 11.3. The highest BCUT2D eigenvalue weighted by Crippen LogP contribution is 2.36. The molecule has 1 unspecified atom stereocenters. The van der Waals surface area contributed by atoms with Crippen LogP contribution in [0.3, 0.4) is 0 Å². The van der Waals surface area contributed by atoms with Crippen molar-refractivity contribution in [3.63, 3.8) is 0 Å². The first-order chi connectivity index (χ1) is 15.1. The molecule has 3 heterocycles. The molecule has 2 aliphatic heterocycles. The van der Waals surface area contributed by atoms with Gasteiger partial charge < -0.3 is 14.2 Å². The SMILES string of the molecule is Cc1ccc(Cl)c2sc(N(CC3CCCO3)C(=O)/C=C/c3ccc4c(c3)OCO4)nc12. The van der Waals surface area contributed by atoms with Gasteiger partial charge in [0.1, 0.15) is 0 Å². The van der Waals surface area contributed by atoms with Gasteiger partial charge in [0.05, 0.1) is 27.9 Å². The first-order valence-electron chi connectivity index (χ1n) is 10.1. The van der Waals surface area contributed by atoms with Gasteiger partial charge in [-0.1, -0.05) is 35.1 Å². The summed E-state index contributed by atoms with van der Waals surface area (Å²) in [5, 5.41) is 1.27. The lowest BCUT2D eigenvalue weighted by atomic mass is 10.2. The number of rotatable bonds is 5. The molecule has 0 bridgehead atoms. The quantitative estimate of drug-likeness (QED) is 0.493. The molecule has 3 aromatic rings. The van der Waals surface area contributed by atoms with Gasteiger partial charge in [-0.15, -0.1) is 0 Å². The standard InChI is InChI=1S/C23H21ClN2O4S/c1-14-4-7-17(24)22-21(14)25-23(31-22)26(12-16-3-2-10-28-16)20(27)9-6-15-5-8-18-19(11-15)30-13-29-18/h4-9,11,16H,2-3,10,12-13H2,1H3/b9-6+. The van der Waals surface area contributed by atoms with Crippen molar-refractivity contribution in [1.82, 2.24) is 4.98 Å². The van der Waals surface area contributed by atoms with Gasteiger partial charge in [-0.25, -0.2) is 4.98 Å². The van der Waals surface area contributed by atoms with Crippen LogP contribution in [0.15, 0.2) is 36.4 Å². The van der Waals surface area contributed by atoms with Crippen molar-refractivity contribution < 1.29 is 19.0 Å². The molecule has 0 radical (unpaired) electrons. The van der Waals surface area contributed by atoms with Gasteiger partial charge in [-0.05, 0) is 55.2 Å². The summed E-state index contributed by atoms with van der Waals surface area (Å²) in [4.78, 5) is 19.7. The number of thiazole rings is 1. The third kappa shape index (κ3) is 4.13. The molecule has 0 spiro atoms. The molecule has 1 aromatic heterocycles. The number of carbonyl (C=O) groups is 1. The number of carbonyl (C=O) groups excluding carboxylic acids is 1. The number of nitrogens with zero attached hydrogens (tertiary/aromatic N) is 2. The Balaban J connectivity index is 1.45. The largest absolute Gasteiger partial charge is 0.454 e. The Morgan fingerprint density at radius 1 is 1.29 bits per heavy atom. The van der Waals surface area contributed by atoms with E-state index >= 15 is 0 Å². The zero-order valence-corrected chi connectivity index (χ0v) is 18.5. The van der Waals surface area contributed by atoms with Crippen LogP contribution in [0.2, 0.25) is 5.02 Å². The third-order valence-corrected chi connectivity index (χ3v) is 6.95. The zero-order chi connectivity index (χ0) is 21.4. The number of anilines is 1. The minimum Gasteiger partial charge on any atom is -0.454 e. The molecular formula is C23H21ClN2O4S. The van der Waals surface area contributed by atoms with E-state index in [2.05, 4.69) is 0 Å². The number of hydrogen-bond acceptors (Lipinski definition) is 6. The average molecular weight is 457 g/mol. The fraction of sp³-hybridized carbons (Fsp3) is 0.304. The Bertz CT molecular complexity index is 1130. The van der Waals surface area contributed by atoms with E-state index in [1.165, 1.54) is 11.3 Å². The van der Waals surface area contributed by atoms with Gasteiger partial charge in [-0.3, -0.25) is 9.69 Å². The van der Waals surface area contributed by atoms with Crippen LogP contribution < -0.4 is 14.4 Å². The molecule has 0 saturated carbocycles. The minimum atomic E-state index is -0.152. The van der Waals surface area contributed by atoms with Crippen LogP contribution in [-0.2, 0) is 9.53 Å². The second-order valence-corrected chi connectivity index (χ2v) is 8.95. The van der Waals surface area contributed by atoms with Gasteiger partial charge in [0.25, 0.3) is 5.91 Å². The van der Waals surface area contributed by atoms with E-state index in [1.807, 2.05) is 37.3 Å². The van der Waals surface area contributed by atoms with Crippen LogP contribution in [0.5, 0.6) is 11.5 Å². The highest BCUT2D eigenvalue weighted by molar-refractivity contribution is 7.23. The molecule has 0 N–H and O–H groups in total. The highest BCUT2D eigenvalue weighted by Gasteiger charge is 2.26. The lowest BCUT2D eigenvalue weighted by molar-refractivity contribution is -0.114. The number of hydrogen-bond donors (Lipinski definition) is 0. The Hall–Kier alpha value is -2.61. The molecule has 1 amide bonds. The predicted octanol–water partition coefficient (Wildman–Crippen LogP) is 5.21. The van der Waals surface area contributed by atoms with Crippen LogP contribution in [0.4, 0.5) is 5.13 Å². The molecule has 160 valence electrons. The van der Waals surface area contributed by atoms with Crippen molar-refractivity contribution in [3.8, 4) is 11.5 Å². The second-order valence-electron chi connectivity index (χ2n) is 7.57. The summed E-state index contributed by atoms with van der Waals surface area (Å²) >= 11 is 7.82. The number of ether oxygens (including phenoxy) is 3. The maximum atomic E-state index is 13.2. The Morgan fingerprint density at radius 3 is 2.97 bits per heavy atom. The number of fused-ring (bicyclic) bond motifs is 2. The Kier molecular flexibility index (Phi) is 5.56. The first kappa shape index (κ1) is 20.3. The van der Waals surface area contributed by atoms with Crippen molar-refractivity contribution in [2.24, 2.45) is 0 Å². The van der Waals surface area contributed by atoms with E-state index in [0.29, 0.717) is 28.2 Å². The molecule has 0 aliphatic carbocycles. The van der Waals surface area contributed by atoms with Crippen LogP contribution >= 0.6 is 22.9 Å². The van der Waals surface area contributed by atoms with Crippen LogP contribution in [-0.4, -0.2) is 36.9 Å². The van der Waals surface area contributed by atoms with Crippen LogP contribution in [0.1, 0.15) is 24.0 Å². The summed E-state index contributed by atoms with van der Waals surface area (Å²) in [6.45, 7) is 3.40. The Labute approximate surface area is 189 Å². The van der Waals surface area contributed by atoms with Gasteiger partial charge in [0.15, 0.2) is 16.6 Å². The molecule has 1 fully saturated rings. The van der Waals surface area contributed by atoms with E-state index in [0.717, 1.165) is 40.8 Å². The highest BCUT2D eigenvalue weighted by atomic mass is 35.5. The summed E-state index contributed by atoms with van der Waals surface area (Å²) in [5.74, 6) is 1.24. The molecule has 2 aliphatic rings. The maximum absolute atomic E-state index is 13.2. The van der Waals surface area contributed by atoms with E-state index in [9.17, 15) is 4.79 Å². The second kappa shape index (κ2) is 8.49. The number of aromatic nitrogens is 1. The van der Waals surface area contributed by atoms with E-state index < -0.39 is 0 Å². The number of aryl methyl sites for hydroxylation is 1. The smallest absolute Gasteiger partial charge is 0.252 e. The molecule has 8 heteroatoms. The van der Waals surface area contributed by atoms with Gasteiger partial charge in [0.2, 0.25) is 6.79 Å². The predicted molar refractivity (Wildman–Crippen MR) is 122 cm³/mol. The summed E-state index contributed by atoms with van der Waals surface area (Å²) in [5.41, 5.74) is 2.72. The van der Waals surface area contributed by atoms with Gasteiger partial charge >= 0.3 is 0 Å². The van der Waals surface area contributed by atoms with Crippen LogP contribution in [0.25, 0.3) is 16.3 Å². The molecular weight excluding hydrogens is 436 g/mol. The average Bonchev–Trinajstić information content (AvgIpc) is 3.53. The van der Waals surface area contributed by atoms with Crippen molar-refractivity contribution >= 4 is 50.3 Å². The van der Waals surface area contributed by atoms with E-state index in [4.69, 9.17) is 30.8 Å². The maximum Gasteiger partial charge on any atom is 0.252 e. The number of halogens is 1. The van der Waals surface area contributed by atoms with Crippen molar-refractivity contribution in [3.05, 3.63) is 52.6 Å². The van der Waals surface area contributed by atoms with Crippen LogP contribution in [0, 0.1) is 6.92 Å². The van der Waals surface area contributed by atoms with Crippen molar-refractivity contribution in [2.45, 2.75) is 25.9 Å². The molecule has 6 nitrogen and oxygen atoms in total.